The molecule has 0 radical (unpaired) electrons. The lowest BCUT2D eigenvalue weighted by molar-refractivity contribution is -0.109. The molecule has 0 aliphatic heterocycles. The lowest BCUT2D eigenvalue weighted by atomic mass is 10.3. The van der Waals surface area contributed by atoms with Gasteiger partial charge in [-0.3, -0.25) is 0 Å². The highest BCUT2D eigenvalue weighted by molar-refractivity contribution is 6.34. The topological polar surface area (TPSA) is 26.3 Å². The lowest BCUT2D eigenvalue weighted by Crippen LogP contribution is -2.12. The van der Waals surface area contributed by atoms with Crippen LogP contribution >= 0.6 is 23.2 Å². The summed E-state index contributed by atoms with van der Waals surface area (Å²) in [5.74, 6) is 0.508. The van der Waals surface area contributed by atoms with Crippen LogP contribution in [0.4, 0.5) is 0 Å². The summed E-state index contributed by atoms with van der Waals surface area (Å²) < 4.78 is 5.42. The minimum absolute atomic E-state index is 0.191. The zero-order chi connectivity index (χ0) is 10.6. The molecule has 14 heavy (non-hydrogen) atoms. The normalized spacial score (nSPS) is 12.2. The van der Waals surface area contributed by atoms with E-state index in [-0.39, 0.29) is 6.10 Å². The average molecular weight is 233 g/mol. The molecule has 0 N–H and O–H groups in total. The monoisotopic (exact) mass is 232 g/mol. The van der Waals surface area contributed by atoms with Gasteiger partial charge in [0, 0.05) is 17.5 Å². The van der Waals surface area contributed by atoms with Gasteiger partial charge in [0.25, 0.3) is 0 Å². The van der Waals surface area contributed by atoms with E-state index >= 15 is 0 Å². The van der Waals surface area contributed by atoms with Crippen molar-refractivity contribution in [3.8, 4) is 5.75 Å². The third-order valence-corrected chi connectivity index (χ3v) is 2.20. The molecule has 1 aromatic rings. The van der Waals surface area contributed by atoms with E-state index in [9.17, 15) is 4.79 Å². The number of rotatable bonds is 4. The standard InChI is InChI=1S/C10H10Cl2O2/c1-7(4-5-13)14-10-6-8(11)2-3-9(10)12/h2-3,5-7H,4H2,1H3. The van der Waals surface area contributed by atoms with Crippen molar-refractivity contribution >= 4 is 29.5 Å². The Morgan fingerprint density at radius 3 is 2.86 bits per heavy atom. The summed E-state index contributed by atoms with van der Waals surface area (Å²) in [6.45, 7) is 1.80. The van der Waals surface area contributed by atoms with Crippen LogP contribution in [0.2, 0.25) is 10.0 Å². The van der Waals surface area contributed by atoms with Crippen LogP contribution in [0.1, 0.15) is 13.3 Å². The Kier molecular flexibility index (Phi) is 4.23. The molecule has 1 rings (SSSR count). The first-order valence-electron chi connectivity index (χ1n) is 4.19. The van der Waals surface area contributed by atoms with Crippen LogP contribution in [0.25, 0.3) is 0 Å². The molecule has 0 aromatic heterocycles. The molecule has 1 aromatic carbocycles. The quantitative estimate of drug-likeness (QED) is 0.745. The van der Waals surface area contributed by atoms with Gasteiger partial charge < -0.3 is 9.53 Å². The minimum Gasteiger partial charge on any atom is -0.489 e. The fourth-order valence-electron chi connectivity index (χ4n) is 0.968. The van der Waals surface area contributed by atoms with Gasteiger partial charge in [-0.15, -0.1) is 0 Å². The number of carbonyl (C=O) groups excluding carboxylic acids is 1. The van der Waals surface area contributed by atoms with Crippen LogP contribution in [0, 0.1) is 0 Å². The number of hydrogen-bond acceptors (Lipinski definition) is 2. The number of hydrogen-bond donors (Lipinski definition) is 0. The van der Waals surface area contributed by atoms with Crippen molar-refractivity contribution in [1.82, 2.24) is 0 Å². The Labute approximate surface area is 92.8 Å². The van der Waals surface area contributed by atoms with Crippen molar-refractivity contribution < 1.29 is 9.53 Å². The van der Waals surface area contributed by atoms with E-state index in [1.54, 1.807) is 25.1 Å². The van der Waals surface area contributed by atoms with Crippen LogP contribution in [0.5, 0.6) is 5.75 Å². The largest absolute Gasteiger partial charge is 0.489 e. The third-order valence-electron chi connectivity index (χ3n) is 1.65. The lowest BCUT2D eigenvalue weighted by Gasteiger charge is -2.13. The van der Waals surface area contributed by atoms with E-state index in [2.05, 4.69) is 0 Å². The van der Waals surface area contributed by atoms with E-state index < -0.39 is 0 Å². The second kappa shape index (κ2) is 5.23. The van der Waals surface area contributed by atoms with Gasteiger partial charge in [0.05, 0.1) is 5.02 Å². The Morgan fingerprint density at radius 2 is 2.21 bits per heavy atom. The molecule has 76 valence electrons. The zero-order valence-corrected chi connectivity index (χ0v) is 9.18. The van der Waals surface area contributed by atoms with Crippen molar-refractivity contribution in [3.05, 3.63) is 28.2 Å². The van der Waals surface area contributed by atoms with Gasteiger partial charge in [0.1, 0.15) is 18.1 Å². The van der Waals surface area contributed by atoms with E-state index in [1.807, 2.05) is 0 Å². The first-order valence-corrected chi connectivity index (χ1v) is 4.94. The Bertz CT molecular complexity index is 326. The minimum atomic E-state index is -0.191. The summed E-state index contributed by atoms with van der Waals surface area (Å²) in [6.07, 6.45) is 0.954. The number of ether oxygens (including phenoxy) is 1. The highest BCUT2D eigenvalue weighted by Crippen LogP contribution is 2.28. The van der Waals surface area contributed by atoms with Crippen molar-refractivity contribution in [2.45, 2.75) is 19.4 Å². The number of benzene rings is 1. The van der Waals surface area contributed by atoms with Gasteiger partial charge in [-0.05, 0) is 19.1 Å². The number of halogens is 2. The first-order chi connectivity index (χ1) is 6.63. The van der Waals surface area contributed by atoms with Crippen molar-refractivity contribution in [2.24, 2.45) is 0 Å². The first kappa shape index (κ1) is 11.3. The molecule has 0 heterocycles. The maximum Gasteiger partial charge on any atom is 0.139 e. The highest BCUT2D eigenvalue weighted by Gasteiger charge is 2.07. The van der Waals surface area contributed by atoms with Gasteiger partial charge in [-0.2, -0.15) is 0 Å². The molecular weight excluding hydrogens is 223 g/mol. The molecule has 2 nitrogen and oxygen atoms in total. The molecule has 0 aliphatic rings. The average Bonchev–Trinajstić information content (AvgIpc) is 2.12. The van der Waals surface area contributed by atoms with Gasteiger partial charge in [0.15, 0.2) is 0 Å². The molecule has 0 bridgehead atoms. The summed E-state index contributed by atoms with van der Waals surface area (Å²) in [5.41, 5.74) is 0. The van der Waals surface area contributed by atoms with E-state index in [0.717, 1.165) is 6.29 Å². The highest BCUT2D eigenvalue weighted by atomic mass is 35.5. The molecule has 0 saturated heterocycles. The molecule has 4 heteroatoms. The van der Waals surface area contributed by atoms with Crippen LogP contribution in [-0.2, 0) is 4.79 Å². The SMILES string of the molecule is CC(CC=O)Oc1cc(Cl)ccc1Cl. The summed E-state index contributed by atoms with van der Waals surface area (Å²) >= 11 is 11.6. The third kappa shape index (κ3) is 3.20. The molecule has 1 unspecified atom stereocenters. The molecule has 0 saturated carbocycles. The number of carbonyl (C=O) groups is 1. The van der Waals surface area contributed by atoms with Gasteiger partial charge in [-0.25, -0.2) is 0 Å². The van der Waals surface area contributed by atoms with Crippen molar-refractivity contribution in [3.63, 3.8) is 0 Å². The smallest absolute Gasteiger partial charge is 0.139 e. The molecule has 0 amide bonds. The van der Waals surface area contributed by atoms with E-state index in [1.165, 1.54) is 0 Å². The molecular formula is C10H10Cl2O2. The van der Waals surface area contributed by atoms with Crippen LogP contribution in [0.15, 0.2) is 18.2 Å². The van der Waals surface area contributed by atoms with Gasteiger partial charge >= 0.3 is 0 Å². The van der Waals surface area contributed by atoms with Gasteiger partial charge in [-0.1, -0.05) is 23.2 Å². The predicted molar refractivity (Wildman–Crippen MR) is 57.2 cm³/mol. The van der Waals surface area contributed by atoms with E-state index in [4.69, 9.17) is 27.9 Å². The predicted octanol–water partition coefficient (Wildman–Crippen LogP) is 3.35. The molecule has 1 atom stereocenters. The fraction of sp³-hybridized carbons (Fsp3) is 0.300. The maximum atomic E-state index is 10.2. The van der Waals surface area contributed by atoms with Crippen LogP contribution < -0.4 is 4.74 Å². The second-order valence-electron chi connectivity index (χ2n) is 2.91. The fourth-order valence-corrected chi connectivity index (χ4v) is 1.29. The molecule has 0 aliphatic carbocycles. The number of aldehydes is 1. The Hall–Kier alpha value is -0.730. The Balaban J connectivity index is 2.74. The van der Waals surface area contributed by atoms with Crippen LogP contribution in [0.3, 0.4) is 0 Å². The molecule has 0 spiro atoms. The second-order valence-corrected chi connectivity index (χ2v) is 3.75. The maximum absolute atomic E-state index is 10.2. The summed E-state index contributed by atoms with van der Waals surface area (Å²) in [6, 6.07) is 4.97. The van der Waals surface area contributed by atoms with Crippen LogP contribution in [-0.4, -0.2) is 12.4 Å². The summed E-state index contributed by atoms with van der Waals surface area (Å²) in [5, 5.41) is 1.05. The zero-order valence-electron chi connectivity index (χ0n) is 7.67. The Morgan fingerprint density at radius 1 is 1.50 bits per heavy atom. The van der Waals surface area contributed by atoms with Gasteiger partial charge in [0.2, 0.25) is 0 Å². The molecule has 0 fully saturated rings. The summed E-state index contributed by atoms with van der Waals surface area (Å²) in [4.78, 5) is 10.2. The van der Waals surface area contributed by atoms with Crippen molar-refractivity contribution in [2.75, 3.05) is 0 Å². The van der Waals surface area contributed by atoms with E-state index in [0.29, 0.717) is 22.2 Å². The summed E-state index contributed by atoms with van der Waals surface area (Å²) in [7, 11) is 0. The van der Waals surface area contributed by atoms with Crippen molar-refractivity contribution in [1.29, 1.82) is 0 Å².